The molecule has 26 heavy (non-hydrogen) atoms. The number of likely N-dealkylation sites (N-methyl/N-ethyl adjacent to an activating group) is 1. The van der Waals surface area contributed by atoms with E-state index < -0.39 is 12.0 Å². The van der Waals surface area contributed by atoms with Crippen LogP contribution in [0.4, 0.5) is 0 Å². The van der Waals surface area contributed by atoms with Gasteiger partial charge in [0, 0.05) is 54.9 Å². The van der Waals surface area contributed by atoms with E-state index in [-0.39, 0.29) is 5.91 Å². The second kappa shape index (κ2) is 7.88. The summed E-state index contributed by atoms with van der Waals surface area (Å²) in [6.45, 7) is 7.42. The lowest BCUT2D eigenvalue weighted by atomic mass is 10.0. The van der Waals surface area contributed by atoms with E-state index in [0.29, 0.717) is 39.3 Å². The number of hydrogen-bond acceptors (Lipinski definition) is 4. The monoisotopic (exact) mass is 358 g/mol. The highest BCUT2D eigenvalue weighted by atomic mass is 16.4. The summed E-state index contributed by atoms with van der Waals surface area (Å²) in [5, 5.41) is 13.7. The average molecular weight is 358 g/mol. The van der Waals surface area contributed by atoms with Crippen molar-refractivity contribution in [3.05, 3.63) is 35.5 Å². The van der Waals surface area contributed by atoms with Crippen molar-refractivity contribution in [2.75, 3.05) is 39.3 Å². The van der Waals surface area contributed by atoms with Gasteiger partial charge in [-0.25, -0.2) is 0 Å². The number of carboxylic acids is 1. The molecule has 140 valence electrons. The first-order chi connectivity index (χ1) is 12.5. The molecule has 1 aromatic carbocycles. The van der Waals surface area contributed by atoms with Gasteiger partial charge in [0.2, 0.25) is 5.91 Å². The van der Waals surface area contributed by atoms with Crippen LogP contribution >= 0.6 is 0 Å². The Hall–Kier alpha value is -2.38. The molecule has 7 heteroatoms. The molecule has 1 aromatic heterocycles. The summed E-state index contributed by atoms with van der Waals surface area (Å²) in [7, 11) is 0. The number of H-pyrrole nitrogens is 1. The quantitative estimate of drug-likeness (QED) is 0.726. The minimum atomic E-state index is -0.838. The summed E-state index contributed by atoms with van der Waals surface area (Å²) in [5.74, 6) is -0.821. The predicted molar refractivity (Wildman–Crippen MR) is 100 cm³/mol. The fraction of sp³-hybridized carbons (Fsp3) is 0.474. The molecule has 0 aliphatic carbocycles. The number of aliphatic carboxylic acids is 1. The normalized spacial score (nSPS) is 17.3. The number of rotatable bonds is 6. The lowest BCUT2D eigenvalue weighted by Gasteiger charge is -2.37. The Morgan fingerprint density at radius 1 is 1.23 bits per heavy atom. The van der Waals surface area contributed by atoms with Crippen LogP contribution in [0.2, 0.25) is 0 Å². The van der Waals surface area contributed by atoms with Crippen molar-refractivity contribution in [3.8, 4) is 0 Å². The van der Waals surface area contributed by atoms with E-state index in [9.17, 15) is 14.7 Å². The van der Waals surface area contributed by atoms with Gasteiger partial charge in [-0.1, -0.05) is 18.2 Å². The first-order valence-electron chi connectivity index (χ1n) is 9.04. The SMILES string of the molecule is CCNC(=O)CN1CCN([C@H](C(=O)O)c2c(C)[nH]c3ccccc23)CC1. The lowest BCUT2D eigenvalue weighted by Crippen LogP contribution is -2.51. The average Bonchev–Trinajstić information content (AvgIpc) is 2.93. The van der Waals surface area contributed by atoms with Crippen molar-refractivity contribution in [3.63, 3.8) is 0 Å². The largest absolute Gasteiger partial charge is 0.480 e. The van der Waals surface area contributed by atoms with Crippen LogP contribution in [-0.4, -0.2) is 71.0 Å². The maximum absolute atomic E-state index is 12.1. The Balaban J connectivity index is 1.77. The van der Waals surface area contributed by atoms with E-state index in [2.05, 4.69) is 15.2 Å². The van der Waals surface area contributed by atoms with Crippen molar-refractivity contribution >= 4 is 22.8 Å². The Kier molecular flexibility index (Phi) is 5.58. The highest BCUT2D eigenvalue weighted by Crippen LogP contribution is 2.32. The number of aryl methyl sites for hydroxylation is 1. The van der Waals surface area contributed by atoms with E-state index in [4.69, 9.17) is 0 Å². The molecule has 0 saturated carbocycles. The van der Waals surface area contributed by atoms with Crippen molar-refractivity contribution in [2.24, 2.45) is 0 Å². The van der Waals surface area contributed by atoms with Crippen LogP contribution in [0.3, 0.4) is 0 Å². The highest BCUT2D eigenvalue weighted by molar-refractivity contribution is 5.90. The van der Waals surface area contributed by atoms with Crippen LogP contribution in [0.15, 0.2) is 24.3 Å². The second-order valence-corrected chi connectivity index (χ2v) is 6.72. The standard InChI is InChI=1S/C19H26N4O3/c1-3-20-16(24)12-22-8-10-23(11-9-22)18(19(25)26)17-13(2)21-15-7-5-4-6-14(15)17/h4-7,18,21H,3,8-12H2,1-2H3,(H,20,24)(H,25,26)/t18-/m0/s1. The molecule has 2 heterocycles. The zero-order chi connectivity index (χ0) is 18.7. The van der Waals surface area contributed by atoms with Crippen LogP contribution in [0.1, 0.15) is 24.2 Å². The molecule has 1 fully saturated rings. The smallest absolute Gasteiger partial charge is 0.325 e. The number of amides is 1. The van der Waals surface area contributed by atoms with Crippen molar-refractivity contribution in [1.29, 1.82) is 0 Å². The minimum absolute atomic E-state index is 0.0169. The lowest BCUT2D eigenvalue weighted by molar-refractivity contribution is -0.144. The number of para-hydroxylation sites is 1. The van der Waals surface area contributed by atoms with Gasteiger partial charge >= 0.3 is 5.97 Å². The number of fused-ring (bicyclic) bond motifs is 1. The van der Waals surface area contributed by atoms with Crippen LogP contribution < -0.4 is 5.32 Å². The molecule has 1 aliphatic heterocycles. The number of nitrogens with one attached hydrogen (secondary N) is 2. The van der Waals surface area contributed by atoms with Gasteiger partial charge in [-0.2, -0.15) is 0 Å². The number of carbonyl (C=O) groups is 2. The fourth-order valence-corrected chi connectivity index (χ4v) is 3.75. The van der Waals surface area contributed by atoms with E-state index in [1.165, 1.54) is 0 Å². The third kappa shape index (κ3) is 3.73. The van der Waals surface area contributed by atoms with E-state index >= 15 is 0 Å². The van der Waals surface area contributed by atoms with Gasteiger partial charge in [0.25, 0.3) is 0 Å². The second-order valence-electron chi connectivity index (χ2n) is 6.72. The molecule has 3 rings (SSSR count). The van der Waals surface area contributed by atoms with Crippen molar-refractivity contribution in [2.45, 2.75) is 19.9 Å². The summed E-state index contributed by atoms with van der Waals surface area (Å²) in [6.07, 6.45) is 0. The minimum Gasteiger partial charge on any atom is -0.480 e. The molecule has 0 unspecified atom stereocenters. The van der Waals surface area contributed by atoms with Crippen LogP contribution in [-0.2, 0) is 9.59 Å². The van der Waals surface area contributed by atoms with Gasteiger partial charge in [-0.3, -0.25) is 19.4 Å². The summed E-state index contributed by atoms with van der Waals surface area (Å²) in [5.41, 5.74) is 2.69. The van der Waals surface area contributed by atoms with Crippen LogP contribution in [0.5, 0.6) is 0 Å². The van der Waals surface area contributed by atoms with Crippen LogP contribution in [0, 0.1) is 6.92 Å². The van der Waals surface area contributed by atoms with Gasteiger partial charge in [-0.05, 0) is 19.9 Å². The number of benzene rings is 1. The molecule has 2 aromatic rings. The molecule has 7 nitrogen and oxygen atoms in total. The van der Waals surface area contributed by atoms with Crippen LogP contribution in [0.25, 0.3) is 10.9 Å². The number of piperazine rings is 1. The first-order valence-corrected chi connectivity index (χ1v) is 9.04. The molecule has 0 bridgehead atoms. The molecular weight excluding hydrogens is 332 g/mol. The molecular formula is C19H26N4O3. The number of nitrogens with zero attached hydrogens (tertiary/aromatic N) is 2. The summed E-state index contributed by atoms with van der Waals surface area (Å²) < 4.78 is 0. The highest BCUT2D eigenvalue weighted by Gasteiger charge is 2.33. The molecule has 3 N–H and O–H groups in total. The zero-order valence-corrected chi connectivity index (χ0v) is 15.3. The summed E-state index contributed by atoms with van der Waals surface area (Å²) >= 11 is 0. The molecule has 1 saturated heterocycles. The topological polar surface area (TPSA) is 88.7 Å². The van der Waals surface area contributed by atoms with Crippen molar-refractivity contribution < 1.29 is 14.7 Å². The molecule has 0 spiro atoms. The van der Waals surface area contributed by atoms with E-state index in [0.717, 1.165) is 22.2 Å². The van der Waals surface area contributed by atoms with Gasteiger partial charge in [0.05, 0.1) is 6.54 Å². The zero-order valence-electron chi connectivity index (χ0n) is 15.3. The van der Waals surface area contributed by atoms with Gasteiger partial charge in [0.1, 0.15) is 6.04 Å². The molecule has 1 aliphatic rings. The number of carboxylic acid groups (broad SMARTS) is 1. The Morgan fingerprint density at radius 3 is 2.58 bits per heavy atom. The van der Waals surface area contributed by atoms with Gasteiger partial charge < -0.3 is 15.4 Å². The maximum atomic E-state index is 12.1. The Morgan fingerprint density at radius 2 is 1.92 bits per heavy atom. The Bertz CT molecular complexity index is 793. The number of aromatic nitrogens is 1. The summed E-state index contributed by atoms with van der Waals surface area (Å²) in [4.78, 5) is 31.2. The number of carbonyl (C=O) groups excluding carboxylic acids is 1. The third-order valence-corrected chi connectivity index (χ3v) is 4.96. The number of aromatic amines is 1. The van der Waals surface area contributed by atoms with Crippen molar-refractivity contribution in [1.82, 2.24) is 20.1 Å². The third-order valence-electron chi connectivity index (χ3n) is 4.96. The van der Waals surface area contributed by atoms with Gasteiger partial charge in [0.15, 0.2) is 0 Å². The van der Waals surface area contributed by atoms with E-state index in [1.54, 1.807) is 0 Å². The Labute approximate surface area is 153 Å². The van der Waals surface area contributed by atoms with Gasteiger partial charge in [-0.15, -0.1) is 0 Å². The molecule has 1 amide bonds. The maximum Gasteiger partial charge on any atom is 0.325 e. The fourth-order valence-electron chi connectivity index (χ4n) is 3.75. The summed E-state index contributed by atoms with van der Waals surface area (Å²) in [6, 6.07) is 7.13. The predicted octanol–water partition coefficient (Wildman–Crippen LogP) is 1.36. The number of hydrogen-bond donors (Lipinski definition) is 3. The molecule has 1 atom stereocenters. The van der Waals surface area contributed by atoms with E-state index in [1.807, 2.05) is 43.0 Å². The molecule has 0 radical (unpaired) electrons. The first kappa shape index (κ1) is 18.4.